The fourth-order valence-electron chi connectivity index (χ4n) is 4.51. The average molecular weight is 253 g/mol. The maximum absolute atomic E-state index is 11.2. The number of hydrogen-bond acceptors (Lipinski definition) is 2. The molecule has 2 unspecified atom stereocenters. The van der Waals surface area contributed by atoms with Crippen molar-refractivity contribution in [3.05, 3.63) is 0 Å². The molecule has 0 radical (unpaired) electrons. The van der Waals surface area contributed by atoms with Gasteiger partial charge in [-0.1, -0.05) is 27.2 Å². The highest BCUT2D eigenvalue weighted by molar-refractivity contribution is 5.05. The van der Waals surface area contributed by atoms with E-state index in [0.29, 0.717) is 6.54 Å². The third-order valence-corrected chi connectivity index (χ3v) is 6.03. The van der Waals surface area contributed by atoms with Crippen molar-refractivity contribution in [2.45, 2.75) is 71.3 Å². The zero-order valence-corrected chi connectivity index (χ0v) is 12.4. The molecule has 0 spiro atoms. The minimum atomic E-state index is -0.474. The molecule has 0 amide bonds. The Balaban J connectivity index is 2.08. The molecule has 2 aliphatic rings. The molecule has 18 heavy (non-hydrogen) atoms. The number of hydrogen-bond donors (Lipinski definition) is 2. The van der Waals surface area contributed by atoms with Gasteiger partial charge in [0.05, 0.1) is 5.60 Å². The van der Waals surface area contributed by atoms with Crippen LogP contribution in [0.3, 0.4) is 0 Å². The molecule has 106 valence electrons. The summed E-state index contributed by atoms with van der Waals surface area (Å²) in [5.74, 6) is 2.30. The molecule has 2 rings (SSSR count). The lowest BCUT2D eigenvalue weighted by Gasteiger charge is -2.49. The van der Waals surface area contributed by atoms with E-state index in [4.69, 9.17) is 5.73 Å². The van der Waals surface area contributed by atoms with E-state index in [1.165, 1.54) is 19.3 Å². The summed E-state index contributed by atoms with van der Waals surface area (Å²) in [6.45, 7) is 7.59. The van der Waals surface area contributed by atoms with E-state index in [-0.39, 0.29) is 5.41 Å². The van der Waals surface area contributed by atoms with Gasteiger partial charge in [-0.3, -0.25) is 0 Å². The van der Waals surface area contributed by atoms with E-state index in [0.717, 1.165) is 43.4 Å². The van der Waals surface area contributed by atoms with Crippen molar-refractivity contribution in [2.75, 3.05) is 6.54 Å². The van der Waals surface area contributed by atoms with Gasteiger partial charge in [-0.25, -0.2) is 0 Å². The molecule has 2 saturated carbocycles. The molecule has 2 aliphatic carbocycles. The largest absolute Gasteiger partial charge is 0.389 e. The molecule has 0 aromatic rings. The Hall–Kier alpha value is -0.0800. The molecule has 2 nitrogen and oxygen atoms in total. The normalized spacial score (nSPS) is 45.7. The van der Waals surface area contributed by atoms with E-state index >= 15 is 0 Å². The summed E-state index contributed by atoms with van der Waals surface area (Å²) in [5, 5.41) is 11.2. The molecule has 2 fully saturated rings. The van der Waals surface area contributed by atoms with Crippen molar-refractivity contribution in [1.29, 1.82) is 0 Å². The quantitative estimate of drug-likeness (QED) is 0.810. The predicted molar refractivity (Wildman–Crippen MR) is 76.2 cm³/mol. The van der Waals surface area contributed by atoms with E-state index in [2.05, 4.69) is 20.8 Å². The Labute approximate surface area is 112 Å². The maximum atomic E-state index is 11.2. The average Bonchev–Trinajstić information content (AvgIpc) is 2.73. The van der Waals surface area contributed by atoms with Crippen LogP contribution in [0.1, 0.15) is 65.7 Å². The van der Waals surface area contributed by atoms with Gasteiger partial charge in [0.15, 0.2) is 0 Å². The molecule has 2 atom stereocenters. The highest BCUT2D eigenvalue weighted by Gasteiger charge is 2.53. The van der Waals surface area contributed by atoms with Crippen LogP contribution in [0.4, 0.5) is 0 Å². The minimum absolute atomic E-state index is 0.0222. The molecule has 0 bridgehead atoms. The Morgan fingerprint density at radius 3 is 2.17 bits per heavy atom. The van der Waals surface area contributed by atoms with Crippen molar-refractivity contribution in [1.82, 2.24) is 0 Å². The highest BCUT2D eigenvalue weighted by Crippen LogP contribution is 2.54. The van der Waals surface area contributed by atoms with Crippen LogP contribution in [0.2, 0.25) is 0 Å². The zero-order valence-electron chi connectivity index (χ0n) is 12.4. The van der Waals surface area contributed by atoms with E-state index in [1.807, 2.05) is 0 Å². The molecule has 0 aromatic carbocycles. The summed E-state index contributed by atoms with van der Waals surface area (Å²) in [6, 6.07) is 0. The molecule has 3 N–H and O–H groups in total. The lowest BCUT2D eigenvalue weighted by atomic mass is 9.61. The molecule has 2 heteroatoms. The van der Waals surface area contributed by atoms with Gasteiger partial charge in [-0.2, -0.15) is 0 Å². The summed E-state index contributed by atoms with van der Waals surface area (Å²) in [7, 11) is 0. The van der Waals surface area contributed by atoms with Gasteiger partial charge in [0.2, 0.25) is 0 Å². The van der Waals surface area contributed by atoms with Crippen LogP contribution in [0, 0.1) is 23.2 Å². The van der Waals surface area contributed by atoms with Gasteiger partial charge in [0, 0.05) is 12.0 Å². The van der Waals surface area contributed by atoms with Crippen LogP contribution >= 0.6 is 0 Å². The summed E-state index contributed by atoms with van der Waals surface area (Å²) < 4.78 is 0. The molecule has 0 saturated heterocycles. The smallest absolute Gasteiger partial charge is 0.0716 e. The number of nitrogens with two attached hydrogens (primary N) is 1. The predicted octanol–water partition coefficient (Wildman–Crippen LogP) is 3.33. The summed E-state index contributed by atoms with van der Waals surface area (Å²) in [4.78, 5) is 0. The summed E-state index contributed by atoms with van der Waals surface area (Å²) in [5.41, 5.74) is 5.63. The maximum Gasteiger partial charge on any atom is 0.0716 e. The summed E-state index contributed by atoms with van der Waals surface area (Å²) >= 11 is 0. The monoisotopic (exact) mass is 253 g/mol. The van der Waals surface area contributed by atoms with Crippen LogP contribution in [0.25, 0.3) is 0 Å². The second kappa shape index (κ2) is 5.13. The topological polar surface area (TPSA) is 46.2 Å². The van der Waals surface area contributed by atoms with Gasteiger partial charge in [-0.05, 0) is 56.3 Å². The van der Waals surface area contributed by atoms with Crippen LogP contribution < -0.4 is 5.73 Å². The molecule has 0 aliphatic heterocycles. The van der Waals surface area contributed by atoms with E-state index in [1.54, 1.807) is 0 Å². The Morgan fingerprint density at radius 1 is 1.17 bits per heavy atom. The fourth-order valence-corrected chi connectivity index (χ4v) is 4.51. The van der Waals surface area contributed by atoms with Crippen LogP contribution in [0.5, 0.6) is 0 Å². The van der Waals surface area contributed by atoms with Crippen molar-refractivity contribution >= 4 is 0 Å². The molecule has 0 heterocycles. The fraction of sp³-hybridized carbons (Fsp3) is 1.00. The first-order valence-electron chi connectivity index (χ1n) is 7.85. The van der Waals surface area contributed by atoms with Crippen molar-refractivity contribution in [3.63, 3.8) is 0 Å². The van der Waals surface area contributed by atoms with Crippen molar-refractivity contribution in [2.24, 2.45) is 28.9 Å². The zero-order chi connectivity index (χ0) is 13.4. The minimum Gasteiger partial charge on any atom is -0.389 e. The van der Waals surface area contributed by atoms with Gasteiger partial charge in [0.1, 0.15) is 0 Å². The molecular formula is C16H31NO. The Morgan fingerprint density at radius 2 is 1.78 bits per heavy atom. The Kier molecular flexibility index (Phi) is 4.08. The number of aliphatic hydroxyl groups is 1. The third-order valence-electron chi connectivity index (χ3n) is 6.03. The number of rotatable bonds is 3. The third kappa shape index (κ3) is 2.34. The standard InChI is InChI=1S/C16H31NO/c1-12(2)14-5-8-16(18,9-6-14)15(11-17)7-4-13(3)10-15/h12-14,18H,4-11,17H2,1-3H3. The molecular weight excluding hydrogens is 222 g/mol. The first kappa shape index (κ1) is 14.3. The molecule has 0 aromatic heterocycles. The van der Waals surface area contributed by atoms with Gasteiger partial charge in [0.25, 0.3) is 0 Å². The first-order chi connectivity index (χ1) is 8.42. The highest BCUT2D eigenvalue weighted by atomic mass is 16.3. The van der Waals surface area contributed by atoms with Gasteiger partial charge >= 0.3 is 0 Å². The second-order valence-electron chi connectivity index (χ2n) is 7.45. The van der Waals surface area contributed by atoms with E-state index in [9.17, 15) is 5.11 Å². The van der Waals surface area contributed by atoms with Crippen LogP contribution in [-0.2, 0) is 0 Å². The van der Waals surface area contributed by atoms with Gasteiger partial charge in [-0.15, -0.1) is 0 Å². The summed E-state index contributed by atoms with van der Waals surface area (Å²) in [6.07, 6.45) is 7.82. The lowest BCUT2D eigenvalue weighted by Crippen LogP contribution is -2.53. The van der Waals surface area contributed by atoms with Crippen LogP contribution in [0.15, 0.2) is 0 Å². The lowest BCUT2D eigenvalue weighted by molar-refractivity contribution is -0.115. The van der Waals surface area contributed by atoms with Crippen molar-refractivity contribution < 1.29 is 5.11 Å². The van der Waals surface area contributed by atoms with Crippen LogP contribution in [-0.4, -0.2) is 17.3 Å². The Bertz CT molecular complexity index is 281. The van der Waals surface area contributed by atoms with Crippen molar-refractivity contribution in [3.8, 4) is 0 Å². The first-order valence-corrected chi connectivity index (χ1v) is 7.85. The SMILES string of the molecule is CC1CCC(CN)(C2(O)CCC(C(C)C)CC2)C1. The van der Waals surface area contributed by atoms with E-state index < -0.39 is 5.60 Å². The van der Waals surface area contributed by atoms with Gasteiger partial charge < -0.3 is 10.8 Å². The second-order valence-corrected chi connectivity index (χ2v) is 7.45.